The Hall–Kier alpha value is -1.40. The monoisotopic (exact) mass is 317 g/mol. The molecule has 1 saturated heterocycles. The number of ether oxygens (including phenoxy) is 1. The molecule has 5 heteroatoms. The first-order chi connectivity index (χ1) is 11.3. The van der Waals surface area contributed by atoms with E-state index < -0.39 is 0 Å². The lowest BCUT2D eigenvalue weighted by atomic mass is 10.1. The summed E-state index contributed by atoms with van der Waals surface area (Å²) < 4.78 is 7.51. The van der Waals surface area contributed by atoms with Crippen LogP contribution in [0.3, 0.4) is 0 Å². The second-order valence-corrected chi connectivity index (χ2v) is 6.27. The lowest BCUT2D eigenvalue weighted by molar-refractivity contribution is 0.0564. The largest absolute Gasteiger partial charge is 0.394 e. The van der Waals surface area contributed by atoms with Crippen molar-refractivity contribution in [2.24, 2.45) is 7.05 Å². The minimum absolute atomic E-state index is 0.111. The molecular weight excluding hydrogens is 290 g/mol. The van der Waals surface area contributed by atoms with E-state index in [4.69, 9.17) is 9.84 Å². The molecule has 2 heterocycles. The van der Waals surface area contributed by atoms with Gasteiger partial charge in [0, 0.05) is 58.0 Å². The van der Waals surface area contributed by atoms with Crippen LogP contribution in [0.15, 0.2) is 30.5 Å². The predicted octanol–water partition coefficient (Wildman–Crippen LogP) is 1.30. The van der Waals surface area contributed by atoms with Crippen LogP contribution in [0.4, 0.5) is 0 Å². The van der Waals surface area contributed by atoms with Crippen molar-refractivity contribution in [3.63, 3.8) is 0 Å². The Kier molecular flexibility index (Phi) is 5.67. The Morgan fingerprint density at radius 2 is 1.83 bits per heavy atom. The van der Waals surface area contributed by atoms with E-state index in [2.05, 4.69) is 51.9 Å². The molecular formula is C18H27N3O2. The highest BCUT2D eigenvalue weighted by atomic mass is 16.5. The maximum atomic E-state index is 8.70. The van der Waals surface area contributed by atoms with Crippen molar-refractivity contribution in [2.45, 2.75) is 6.54 Å². The highest BCUT2D eigenvalue weighted by Crippen LogP contribution is 2.18. The fraction of sp³-hybridized carbons (Fsp3) is 0.556. The van der Waals surface area contributed by atoms with Gasteiger partial charge in [0.1, 0.15) is 0 Å². The smallest absolute Gasteiger partial charge is 0.0698 e. The third-order valence-corrected chi connectivity index (χ3v) is 4.61. The molecule has 1 fully saturated rings. The van der Waals surface area contributed by atoms with Crippen molar-refractivity contribution in [3.05, 3.63) is 36.0 Å². The van der Waals surface area contributed by atoms with Gasteiger partial charge < -0.3 is 14.4 Å². The molecule has 0 spiro atoms. The number of hydrogen-bond acceptors (Lipinski definition) is 4. The number of hydrogen-bond donors (Lipinski definition) is 1. The van der Waals surface area contributed by atoms with Crippen LogP contribution in [0.5, 0.6) is 0 Å². The number of piperazine rings is 1. The van der Waals surface area contributed by atoms with E-state index in [1.807, 2.05) is 0 Å². The molecule has 0 unspecified atom stereocenters. The molecule has 1 aliphatic rings. The highest BCUT2D eigenvalue weighted by molar-refractivity contribution is 5.80. The summed E-state index contributed by atoms with van der Waals surface area (Å²) in [6.07, 6.45) is 2.12. The van der Waals surface area contributed by atoms with Crippen molar-refractivity contribution < 1.29 is 9.84 Å². The fourth-order valence-electron chi connectivity index (χ4n) is 3.22. The Bertz CT molecular complexity index is 618. The second-order valence-electron chi connectivity index (χ2n) is 6.27. The van der Waals surface area contributed by atoms with Gasteiger partial charge in [-0.1, -0.05) is 6.07 Å². The molecule has 0 atom stereocenters. The first kappa shape index (κ1) is 16.5. The van der Waals surface area contributed by atoms with Gasteiger partial charge in [0.2, 0.25) is 0 Å². The van der Waals surface area contributed by atoms with Crippen LogP contribution in [0.1, 0.15) is 5.56 Å². The number of fused-ring (bicyclic) bond motifs is 1. The molecule has 3 rings (SSSR count). The SMILES string of the molecule is Cn1ccc2cc(CN3CCN(CCOCCO)CC3)ccc21. The van der Waals surface area contributed by atoms with Crippen LogP contribution in [-0.4, -0.2) is 72.0 Å². The summed E-state index contributed by atoms with van der Waals surface area (Å²) in [7, 11) is 2.09. The molecule has 1 aromatic carbocycles. The molecule has 5 nitrogen and oxygen atoms in total. The molecule has 2 aromatic rings. The average molecular weight is 317 g/mol. The van der Waals surface area contributed by atoms with Crippen LogP contribution < -0.4 is 0 Å². The summed E-state index contributed by atoms with van der Waals surface area (Å²) >= 11 is 0. The Morgan fingerprint density at radius 3 is 2.61 bits per heavy atom. The van der Waals surface area contributed by atoms with Gasteiger partial charge in [0.25, 0.3) is 0 Å². The molecule has 0 amide bonds. The first-order valence-electron chi connectivity index (χ1n) is 8.43. The van der Waals surface area contributed by atoms with Crippen molar-refractivity contribution in [3.8, 4) is 0 Å². The Morgan fingerprint density at radius 1 is 1.04 bits per heavy atom. The van der Waals surface area contributed by atoms with Crippen molar-refractivity contribution >= 4 is 10.9 Å². The highest BCUT2D eigenvalue weighted by Gasteiger charge is 2.16. The zero-order chi connectivity index (χ0) is 16.1. The third kappa shape index (κ3) is 4.32. The number of aliphatic hydroxyl groups excluding tert-OH is 1. The number of rotatable bonds is 7. The standard InChI is InChI=1S/C18H27N3O2/c1-19-5-4-17-14-16(2-3-18(17)19)15-21-8-6-20(7-9-21)10-12-23-13-11-22/h2-5,14,22H,6-13,15H2,1H3. The zero-order valence-corrected chi connectivity index (χ0v) is 13.9. The van der Waals surface area contributed by atoms with Crippen LogP contribution in [0.25, 0.3) is 10.9 Å². The topological polar surface area (TPSA) is 40.9 Å². The van der Waals surface area contributed by atoms with E-state index in [9.17, 15) is 0 Å². The van der Waals surface area contributed by atoms with E-state index in [1.165, 1.54) is 16.5 Å². The Labute approximate surface area is 138 Å². The number of benzene rings is 1. The molecule has 23 heavy (non-hydrogen) atoms. The summed E-state index contributed by atoms with van der Waals surface area (Å²) in [4.78, 5) is 4.96. The van der Waals surface area contributed by atoms with Crippen LogP contribution >= 0.6 is 0 Å². The van der Waals surface area contributed by atoms with Gasteiger partial charge in [-0.15, -0.1) is 0 Å². The van der Waals surface area contributed by atoms with Crippen molar-refractivity contribution in [1.82, 2.24) is 14.4 Å². The summed E-state index contributed by atoms with van der Waals surface area (Å²) in [5.74, 6) is 0. The van der Waals surface area contributed by atoms with E-state index in [-0.39, 0.29) is 6.61 Å². The van der Waals surface area contributed by atoms with E-state index in [0.29, 0.717) is 13.2 Å². The number of aromatic nitrogens is 1. The van der Waals surface area contributed by atoms with Gasteiger partial charge in [0.15, 0.2) is 0 Å². The van der Waals surface area contributed by atoms with E-state index >= 15 is 0 Å². The Balaban J connectivity index is 1.46. The maximum absolute atomic E-state index is 8.70. The van der Waals surface area contributed by atoms with Gasteiger partial charge in [-0.05, 0) is 29.1 Å². The minimum Gasteiger partial charge on any atom is -0.394 e. The van der Waals surface area contributed by atoms with Crippen molar-refractivity contribution in [1.29, 1.82) is 0 Å². The number of nitrogens with zero attached hydrogens (tertiary/aromatic N) is 3. The van der Waals surface area contributed by atoms with Crippen LogP contribution in [0.2, 0.25) is 0 Å². The van der Waals surface area contributed by atoms with Gasteiger partial charge in [0.05, 0.1) is 19.8 Å². The molecule has 0 aliphatic carbocycles. The van der Waals surface area contributed by atoms with E-state index in [0.717, 1.165) is 39.3 Å². The summed E-state index contributed by atoms with van der Waals surface area (Å²) in [5, 5.41) is 10.0. The molecule has 0 bridgehead atoms. The minimum atomic E-state index is 0.111. The van der Waals surface area contributed by atoms with Gasteiger partial charge in [-0.2, -0.15) is 0 Å². The van der Waals surface area contributed by atoms with Gasteiger partial charge in [-0.25, -0.2) is 0 Å². The third-order valence-electron chi connectivity index (χ3n) is 4.61. The normalized spacial score (nSPS) is 17.1. The first-order valence-corrected chi connectivity index (χ1v) is 8.43. The number of aliphatic hydroxyl groups is 1. The maximum Gasteiger partial charge on any atom is 0.0698 e. The second kappa shape index (κ2) is 7.93. The number of aryl methyl sites for hydroxylation is 1. The summed E-state index contributed by atoms with van der Waals surface area (Å²) in [6.45, 7) is 7.65. The lowest BCUT2D eigenvalue weighted by Gasteiger charge is -2.34. The summed E-state index contributed by atoms with van der Waals surface area (Å²) in [5.41, 5.74) is 2.69. The van der Waals surface area contributed by atoms with Crippen LogP contribution in [-0.2, 0) is 18.3 Å². The molecule has 1 N–H and O–H groups in total. The quantitative estimate of drug-likeness (QED) is 0.782. The molecule has 1 aliphatic heterocycles. The van der Waals surface area contributed by atoms with Crippen LogP contribution in [0, 0.1) is 0 Å². The zero-order valence-electron chi connectivity index (χ0n) is 13.9. The fourth-order valence-corrected chi connectivity index (χ4v) is 3.22. The molecule has 126 valence electrons. The molecule has 1 aromatic heterocycles. The van der Waals surface area contributed by atoms with Gasteiger partial charge in [-0.3, -0.25) is 9.80 Å². The average Bonchev–Trinajstić information content (AvgIpc) is 2.94. The summed E-state index contributed by atoms with van der Waals surface area (Å²) in [6, 6.07) is 8.96. The van der Waals surface area contributed by atoms with Gasteiger partial charge >= 0.3 is 0 Å². The van der Waals surface area contributed by atoms with Crippen molar-refractivity contribution in [2.75, 3.05) is 52.5 Å². The lowest BCUT2D eigenvalue weighted by Crippen LogP contribution is -2.46. The molecule has 0 radical (unpaired) electrons. The molecule has 0 saturated carbocycles. The predicted molar refractivity (Wildman–Crippen MR) is 92.5 cm³/mol. The van der Waals surface area contributed by atoms with E-state index in [1.54, 1.807) is 0 Å².